The van der Waals surface area contributed by atoms with Gasteiger partial charge in [-0.2, -0.15) is 0 Å². The van der Waals surface area contributed by atoms with Gasteiger partial charge in [-0.25, -0.2) is 0 Å². The molecule has 0 fully saturated rings. The van der Waals surface area contributed by atoms with Crippen molar-refractivity contribution in [3.05, 3.63) is 0 Å². The zero-order chi connectivity index (χ0) is 14.3. The molecule has 0 saturated carbocycles. The van der Waals surface area contributed by atoms with Gasteiger partial charge in [0.2, 0.25) is 59.3 Å². The molecule has 12 nitrogen and oxygen atoms in total. The Morgan fingerprint density at radius 2 is 0.294 bits per heavy atom. The van der Waals surface area contributed by atoms with E-state index >= 15 is 0 Å². The molecule has 0 amide bonds. The van der Waals surface area contributed by atoms with Crippen molar-refractivity contribution in [1.82, 2.24) is 0 Å². The average molecular weight is 719 g/mol. The van der Waals surface area contributed by atoms with Crippen LogP contribution in [0.1, 0.15) is 0 Å². The third kappa shape index (κ3) is 881. The molecule has 17 heavy (non-hydrogen) atoms. The summed E-state index contributed by atoms with van der Waals surface area (Å²) in [4.78, 5) is 0. The monoisotopic (exact) mass is 716 g/mol. The maximum Gasteiger partial charge on any atom is 4.00 e. The second kappa shape index (κ2) is 26.8. The molecule has 0 N–H and O–H groups in total. The second-order valence-corrected chi connectivity index (χ2v) is 3.93. The number of hydrogen-bond acceptors (Lipinski definition) is 12. The van der Waals surface area contributed by atoms with Crippen LogP contribution in [0.25, 0.3) is 0 Å². The Labute approximate surface area is 135 Å². The SMILES string of the molecule is [O-][Br+2]([O-])[O-].[O-][Br+2]([O-])[O-].[O-][Br+2]([O-])[O-].[O-][Br+2]([O-])[O-].[Pb+4]. The number of halogens is 4. The van der Waals surface area contributed by atoms with Gasteiger partial charge in [0.1, 0.15) is 0 Å². The minimum Gasteiger partial charge on any atom is -0.405 e. The first-order chi connectivity index (χ1) is 6.93. The zero-order valence-electron chi connectivity index (χ0n) is 6.91. The van der Waals surface area contributed by atoms with Crippen LogP contribution in [0.4, 0.5) is 0 Å². The van der Waals surface area contributed by atoms with Crippen molar-refractivity contribution >= 4 is 27.3 Å². The zero-order valence-corrected chi connectivity index (χ0v) is 17.1. The van der Waals surface area contributed by atoms with Crippen molar-refractivity contribution in [1.29, 1.82) is 0 Å². The van der Waals surface area contributed by atoms with E-state index < -0.39 is 59.3 Å². The molecular formula is Br4O12Pb. The molecule has 0 heterocycles. The van der Waals surface area contributed by atoms with E-state index in [-0.39, 0.29) is 27.3 Å². The molecule has 0 radical (unpaired) electrons. The molecule has 0 aliphatic rings. The standard InChI is InChI=1S/4BrO3.Pb/c4*2-1(3)4;/q4*-1;+4. The van der Waals surface area contributed by atoms with E-state index in [0.29, 0.717) is 0 Å². The summed E-state index contributed by atoms with van der Waals surface area (Å²) in [6.07, 6.45) is 0. The van der Waals surface area contributed by atoms with Gasteiger partial charge < -0.3 is 50.4 Å². The van der Waals surface area contributed by atoms with Crippen LogP contribution in [0.5, 0.6) is 0 Å². The van der Waals surface area contributed by atoms with Crippen LogP contribution in [-0.2, 0) is 0 Å². The normalized spacial score (nSPS) is 8.47. The third-order valence-electron chi connectivity index (χ3n) is 0. The summed E-state index contributed by atoms with van der Waals surface area (Å²) in [5.41, 5.74) is 0. The molecule has 0 unspecified atom stereocenters. The van der Waals surface area contributed by atoms with Gasteiger partial charge in [-0.3, -0.25) is 0 Å². The van der Waals surface area contributed by atoms with Crippen molar-refractivity contribution in [3.8, 4) is 0 Å². The molecule has 0 aliphatic heterocycles. The molecule has 0 aromatic carbocycles. The van der Waals surface area contributed by atoms with Crippen molar-refractivity contribution < 1.29 is 110 Å². The first kappa shape index (κ1) is 31.6. The van der Waals surface area contributed by atoms with Crippen molar-refractivity contribution in [3.63, 3.8) is 0 Å². The number of hydrogen-bond donors (Lipinski definition) is 0. The van der Waals surface area contributed by atoms with Gasteiger partial charge in [0.15, 0.2) is 0 Å². The summed E-state index contributed by atoms with van der Waals surface area (Å²) in [5.74, 6) is 0. The first-order valence-corrected chi connectivity index (χ1v) is 9.62. The van der Waals surface area contributed by atoms with Crippen LogP contribution in [0.3, 0.4) is 0 Å². The predicted octanol–water partition coefficient (Wildman–Crippen LogP) is -14.6. The van der Waals surface area contributed by atoms with Crippen LogP contribution in [0.2, 0.25) is 0 Å². The summed E-state index contributed by atoms with van der Waals surface area (Å²) in [5, 5.41) is 0. The third-order valence-corrected chi connectivity index (χ3v) is 0. The summed E-state index contributed by atoms with van der Waals surface area (Å²) in [7, 11) is 0. The Bertz CT molecular complexity index is 61.5. The van der Waals surface area contributed by atoms with E-state index in [0.717, 1.165) is 0 Å². The smallest absolute Gasteiger partial charge is 0.405 e. The van der Waals surface area contributed by atoms with Crippen LogP contribution >= 0.6 is 0 Å². The van der Waals surface area contributed by atoms with Gasteiger partial charge in [-0.05, 0) is 0 Å². The van der Waals surface area contributed by atoms with Crippen LogP contribution < -0.4 is 50.4 Å². The molecule has 17 heteroatoms. The van der Waals surface area contributed by atoms with Gasteiger partial charge >= 0.3 is 27.3 Å². The predicted molar refractivity (Wildman–Crippen MR) is 5.75 cm³/mol. The van der Waals surface area contributed by atoms with Crippen LogP contribution in [0.15, 0.2) is 0 Å². The van der Waals surface area contributed by atoms with Crippen molar-refractivity contribution in [2.24, 2.45) is 0 Å². The quantitative estimate of drug-likeness (QED) is 0.211. The minimum absolute atomic E-state index is 0. The molecule has 0 rings (SSSR count). The Kier molecular flexibility index (Phi) is 50.0. The average Bonchev–Trinajstić information content (AvgIpc) is 1.76. The Balaban J connectivity index is -0.0000000369. The maximum atomic E-state index is 8.52. The summed E-state index contributed by atoms with van der Waals surface area (Å²) < 4.78 is 102. The van der Waals surface area contributed by atoms with E-state index in [1.807, 2.05) is 0 Å². The summed E-state index contributed by atoms with van der Waals surface area (Å²) >= 11 is -14.6. The van der Waals surface area contributed by atoms with Gasteiger partial charge in [-0.1, -0.05) is 0 Å². The summed E-state index contributed by atoms with van der Waals surface area (Å²) in [6, 6.07) is 0. The fourth-order valence-electron chi connectivity index (χ4n) is 0. The topological polar surface area (TPSA) is 277 Å². The maximum absolute atomic E-state index is 8.52. The molecule has 0 aromatic heterocycles. The molecule has 0 bridgehead atoms. The molecule has 0 spiro atoms. The minimum atomic E-state index is -3.65. The Morgan fingerprint density at radius 3 is 0.294 bits per heavy atom. The molecule has 104 valence electrons. The van der Waals surface area contributed by atoms with E-state index in [9.17, 15) is 0 Å². The van der Waals surface area contributed by atoms with Gasteiger partial charge in [0.25, 0.3) is 0 Å². The fourth-order valence-corrected chi connectivity index (χ4v) is 0. The Morgan fingerprint density at radius 1 is 0.294 bits per heavy atom. The molecule has 0 atom stereocenters. The van der Waals surface area contributed by atoms with E-state index in [1.54, 1.807) is 0 Å². The Hall–Kier alpha value is 2.36. The molecular weight excluding hydrogens is 719 g/mol. The van der Waals surface area contributed by atoms with Crippen LogP contribution in [-0.4, -0.2) is 27.3 Å². The second-order valence-electron chi connectivity index (χ2n) is 0.756. The number of rotatable bonds is 0. The van der Waals surface area contributed by atoms with Gasteiger partial charge in [0.05, 0.1) is 0 Å². The van der Waals surface area contributed by atoms with Gasteiger partial charge in [-0.15, -0.1) is 0 Å². The molecule has 0 aromatic rings. The van der Waals surface area contributed by atoms with Gasteiger partial charge in [0, 0.05) is 0 Å². The van der Waals surface area contributed by atoms with E-state index in [2.05, 4.69) is 0 Å². The largest absolute Gasteiger partial charge is 4.00 e. The van der Waals surface area contributed by atoms with Crippen LogP contribution in [0, 0.1) is 59.3 Å². The van der Waals surface area contributed by atoms with E-state index in [1.165, 1.54) is 0 Å². The fraction of sp³-hybridized carbons (Fsp3) is 0. The van der Waals surface area contributed by atoms with E-state index in [4.69, 9.17) is 50.4 Å². The van der Waals surface area contributed by atoms with Crippen molar-refractivity contribution in [2.75, 3.05) is 0 Å². The first-order valence-electron chi connectivity index (χ1n) is 1.85. The summed E-state index contributed by atoms with van der Waals surface area (Å²) in [6.45, 7) is 0. The van der Waals surface area contributed by atoms with Crippen molar-refractivity contribution in [2.45, 2.75) is 0 Å². The molecule has 0 saturated heterocycles. The molecule has 0 aliphatic carbocycles.